The van der Waals surface area contributed by atoms with Crippen molar-refractivity contribution < 1.29 is 0 Å². The zero-order chi connectivity index (χ0) is 20.6. The van der Waals surface area contributed by atoms with Gasteiger partial charge >= 0.3 is 0 Å². The molecule has 1 aliphatic carbocycles. The molecule has 1 atom stereocenters. The summed E-state index contributed by atoms with van der Waals surface area (Å²) < 4.78 is 2.20. The molecule has 0 aliphatic heterocycles. The number of nitrogens with two attached hydrogens (primary N) is 2. The van der Waals surface area contributed by atoms with Crippen LogP contribution in [0.25, 0.3) is 17.1 Å². The molecule has 29 heavy (non-hydrogen) atoms. The average molecular weight is 390 g/mol. The van der Waals surface area contributed by atoms with Gasteiger partial charge in [0.15, 0.2) is 0 Å². The lowest BCUT2D eigenvalue weighted by atomic mass is 9.83. The minimum Gasteiger partial charge on any atom is -0.399 e. The third kappa shape index (κ3) is 4.93. The molecular formula is C24H31N5. The molecule has 0 saturated heterocycles. The van der Waals surface area contributed by atoms with Crippen LogP contribution < -0.4 is 11.5 Å². The maximum Gasteiger partial charge on any atom is 0.107 e. The van der Waals surface area contributed by atoms with Gasteiger partial charge in [-0.15, -0.1) is 0 Å². The lowest BCUT2D eigenvalue weighted by Crippen LogP contribution is -2.14. The van der Waals surface area contributed by atoms with E-state index in [2.05, 4.69) is 57.7 Å². The highest BCUT2D eigenvalue weighted by Crippen LogP contribution is 2.33. The number of hydrogen-bond donors (Lipinski definition) is 2. The predicted octanol–water partition coefficient (Wildman–Crippen LogP) is 4.35. The molecule has 1 aromatic carbocycles. The Bertz CT molecular complexity index is 957. The maximum absolute atomic E-state index is 6.13. The summed E-state index contributed by atoms with van der Waals surface area (Å²) in [6.07, 6.45) is 12.5. The second-order valence-corrected chi connectivity index (χ2v) is 7.24. The molecule has 4 N–H and O–H groups in total. The molecular weight excluding hydrogens is 358 g/mol. The Hall–Kier alpha value is -2.92. The summed E-state index contributed by atoms with van der Waals surface area (Å²) in [6.45, 7) is 3.04. The van der Waals surface area contributed by atoms with Gasteiger partial charge in [-0.25, -0.2) is 4.98 Å². The van der Waals surface area contributed by atoms with Crippen LogP contribution in [0.2, 0.25) is 0 Å². The van der Waals surface area contributed by atoms with Crippen molar-refractivity contribution in [3.8, 4) is 11.4 Å². The summed E-state index contributed by atoms with van der Waals surface area (Å²) in [4.78, 5) is 9.08. The van der Waals surface area contributed by atoms with Crippen LogP contribution in [-0.4, -0.2) is 21.6 Å². The van der Waals surface area contributed by atoms with E-state index in [4.69, 9.17) is 5.73 Å². The van der Waals surface area contributed by atoms with Crippen molar-refractivity contribution in [2.24, 2.45) is 11.5 Å². The summed E-state index contributed by atoms with van der Waals surface area (Å²) >= 11 is 0. The van der Waals surface area contributed by atoms with Crippen molar-refractivity contribution in [2.75, 3.05) is 7.05 Å². The highest BCUT2D eigenvalue weighted by atomic mass is 15.0. The third-order valence-electron chi connectivity index (χ3n) is 5.34. The molecule has 0 spiro atoms. The second kappa shape index (κ2) is 10.0. The Morgan fingerprint density at radius 2 is 2.00 bits per heavy atom. The van der Waals surface area contributed by atoms with E-state index in [1.165, 1.54) is 37.4 Å². The third-order valence-corrected chi connectivity index (χ3v) is 5.34. The molecule has 0 bridgehead atoms. The number of fused-ring (bicyclic) bond motifs is 1. The molecule has 3 aromatic rings. The molecule has 0 fully saturated rings. The Labute approximate surface area is 173 Å². The van der Waals surface area contributed by atoms with Gasteiger partial charge in [0.05, 0.1) is 12.0 Å². The van der Waals surface area contributed by atoms with Crippen LogP contribution >= 0.6 is 0 Å². The average Bonchev–Trinajstić information content (AvgIpc) is 3.24. The van der Waals surface area contributed by atoms with E-state index in [1.54, 1.807) is 6.20 Å². The van der Waals surface area contributed by atoms with Crippen molar-refractivity contribution >= 4 is 5.70 Å². The van der Waals surface area contributed by atoms with E-state index >= 15 is 0 Å². The van der Waals surface area contributed by atoms with Crippen LogP contribution in [0.1, 0.15) is 48.8 Å². The smallest absolute Gasteiger partial charge is 0.107 e. The van der Waals surface area contributed by atoms with Crippen LogP contribution in [0.3, 0.4) is 0 Å². The van der Waals surface area contributed by atoms with Gasteiger partial charge in [-0.05, 0) is 56.0 Å². The van der Waals surface area contributed by atoms with Crippen LogP contribution in [0, 0.1) is 0 Å². The largest absolute Gasteiger partial charge is 0.399 e. The van der Waals surface area contributed by atoms with Gasteiger partial charge in [-0.1, -0.05) is 37.3 Å². The monoisotopic (exact) mass is 389 g/mol. The molecule has 1 unspecified atom stereocenters. The summed E-state index contributed by atoms with van der Waals surface area (Å²) in [5, 5.41) is 0. The first kappa shape index (κ1) is 20.8. The van der Waals surface area contributed by atoms with Crippen LogP contribution in [0.15, 0.2) is 61.2 Å². The first-order chi connectivity index (χ1) is 14.2. The van der Waals surface area contributed by atoms with Crippen molar-refractivity contribution in [3.63, 3.8) is 0 Å². The van der Waals surface area contributed by atoms with E-state index in [0.717, 1.165) is 35.6 Å². The predicted molar refractivity (Wildman–Crippen MR) is 120 cm³/mol. The second-order valence-electron chi connectivity index (χ2n) is 7.24. The number of allylic oxidation sites excluding steroid dienone is 1. The molecule has 5 nitrogen and oxygen atoms in total. The number of benzene rings is 1. The standard InChI is InChI=1S/C23H26N4.CH5N/c1-2-6-21(24)18-11-12-25-22(13-18)23-15-27(16-26-23)14-19-9-5-8-17-7-3-4-10-20(17)19;1-2/h3-4,6-7,10-13,15-16,19H,2,5,8-9,14,24H2,1H3;2H2,1H3/b21-6-;. The number of pyridine rings is 1. The zero-order valence-corrected chi connectivity index (χ0v) is 17.4. The number of aryl methyl sites for hydroxylation is 1. The van der Waals surface area contributed by atoms with Crippen molar-refractivity contribution in [1.29, 1.82) is 0 Å². The van der Waals surface area contributed by atoms with E-state index in [0.29, 0.717) is 5.92 Å². The minimum absolute atomic E-state index is 0.555. The lowest BCUT2D eigenvalue weighted by molar-refractivity contribution is 0.483. The van der Waals surface area contributed by atoms with Gasteiger partial charge in [0.2, 0.25) is 0 Å². The fourth-order valence-electron chi connectivity index (χ4n) is 3.98. The quantitative estimate of drug-likeness (QED) is 0.679. The molecule has 0 radical (unpaired) electrons. The molecule has 2 aromatic heterocycles. The summed E-state index contributed by atoms with van der Waals surface area (Å²) in [6, 6.07) is 12.8. The number of imidazole rings is 1. The fraction of sp³-hybridized carbons (Fsp3) is 0.333. The number of hydrogen-bond acceptors (Lipinski definition) is 4. The van der Waals surface area contributed by atoms with Crippen molar-refractivity contribution in [2.45, 2.75) is 45.1 Å². The van der Waals surface area contributed by atoms with Crippen LogP contribution in [0.5, 0.6) is 0 Å². The van der Waals surface area contributed by atoms with Crippen LogP contribution in [-0.2, 0) is 13.0 Å². The SMILES string of the molecule is CC/C=C(\N)c1ccnc(-c2cn(CC3CCCc4ccccc43)cn2)c1.CN. The summed E-state index contributed by atoms with van der Waals surface area (Å²) in [7, 11) is 1.50. The van der Waals surface area contributed by atoms with Crippen molar-refractivity contribution in [3.05, 3.63) is 77.9 Å². The fourth-order valence-corrected chi connectivity index (χ4v) is 3.98. The normalized spacial score (nSPS) is 16.0. The first-order valence-electron chi connectivity index (χ1n) is 10.3. The van der Waals surface area contributed by atoms with Gasteiger partial charge in [0.1, 0.15) is 5.69 Å². The van der Waals surface area contributed by atoms with E-state index in [-0.39, 0.29) is 0 Å². The molecule has 152 valence electrons. The molecule has 5 heteroatoms. The van der Waals surface area contributed by atoms with Crippen LogP contribution in [0.4, 0.5) is 0 Å². The Morgan fingerprint density at radius 3 is 2.83 bits per heavy atom. The summed E-state index contributed by atoms with van der Waals surface area (Å²) in [5.74, 6) is 0.555. The zero-order valence-electron chi connectivity index (χ0n) is 17.4. The van der Waals surface area contributed by atoms with E-state index in [9.17, 15) is 0 Å². The Kier molecular flexibility index (Phi) is 7.19. The van der Waals surface area contributed by atoms with Crippen molar-refractivity contribution in [1.82, 2.24) is 14.5 Å². The number of rotatable bonds is 5. The topological polar surface area (TPSA) is 82.8 Å². The lowest BCUT2D eigenvalue weighted by Gasteiger charge is -2.25. The number of aromatic nitrogens is 3. The van der Waals surface area contributed by atoms with E-state index < -0.39 is 0 Å². The molecule has 0 amide bonds. The van der Waals surface area contributed by atoms with Gasteiger partial charge in [0, 0.05) is 36.1 Å². The number of nitrogens with zero attached hydrogens (tertiary/aromatic N) is 3. The van der Waals surface area contributed by atoms with E-state index in [1.807, 2.05) is 24.5 Å². The Morgan fingerprint density at radius 1 is 1.17 bits per heavy atom. The molecule has 0 saturated carbocycles. The first-order valence-corrected chi connectivity index (χ1v) is 10.3. The molecule has 1 aliphatic rings. The van der Waals surface area contributed by atoms with Gasteiger partial charge in [-0.2, -0.15) is 0 Å². The van der Waals surface area contributed by atoms with Gasteiger partial charge in [0.25, 0.3) is 0 Å². The minimum atomic E-state index is 0.555. The van der Waals surface area contributed by atoms with Gasteiger partial charge in [-0.3, -0.25) is 4.98 Å². The molecule has 2 heterocycles. The Balaban J connectivity index is 0.00000117. The summed E-state index contributed by atoms with van der Waals surface area (Å²) in [5.41, 5.74) is 17.2. The maximum atomic E-state index is 6.13. The highest BCUT2D eigenvalue weighted by molar-refractivity contribution is 5.67. The highest BCUT2D eigenvalue weighted by Gasteiger charge is 2.20. The van der Waals surface area contributed by atoms with Gasteiger partial charge < -0.3 is 16.0 Å². The molecule has 4 rings (SSSR count).